The van der Waals surface area contributed by atoms with Gasteiger partial charge in [0.2, 0.25) is 0 Å². The van der Waals surface area contributed by atoms with Gasteiger partial charge in [-0.2, -0.15) is 0 Å². The predicted octanol–water partition coefficient (Wildman–Crippen LogP) is 3.69. The van der Waals surface area contributed by atoms with Crippen LogP contribution in [-0.4, -0.2) is 67.5 Å². The summed E-state index contributed by atoms with van der Waals surface area (Å²) < 4.78 is 29.3. The predicted molar refractivity (Wildman–Crippen MR) is 127 cm³/mol. The zero-order chi connectivity index (χ0) is 24.3. The molecule has 0 bridgehead atoms. The summed E-state index contributed by atoms with van der Waals surface area (Å²) in [5.74, 6) is 0.268. The van der Waals surface area contributed by atoms with Gasteiger partial charge in [-0.05, 0) is 63.8 Å². The molecule has 4 rings (SSSR count). The lowest BCUT2D eigenvalue weighted by Crippen LogP contribution is -2.55. The fourth-order valence-electron chi connectivity index (χ4n) is 5.26. The molecule has 34 heavy (non-hydrogen) atoms. The number of allylic oxidation sites excluding steroid dienone is 1. The molecule has 3 aliphatic rings. The first-order valence-corrected chi connectivity index (χ1v) is 12.0. The van der Waals surface area contributed by atoms with Crippen LogP contribution in [0.1, 0.15) is 45.6 Å². The van der Waals surface area contributed by atoms with Gasteiger partial charge in [0.15, 0.2) is 0 Å². The topological polar surface area (TPSA) is 90.1 Å². The molecule has 0 unspecified atom stereocenters. The van der Waals surface area contributed by atoms with Gasteiger partial charge in [0.25, 0.3) is 0 Å². The number of rotatable bonds is 10. The van der Waals surface area contributed by atoms with E-state index < -0.39 is 5.97 Å². The Labute approximate surface area is 201 Å². The van der Waals surface area contributed by atoms with Crippen molar-refractivity contribution in [1.82, 2.24) is 0 Å². The monoisotopic (exact) mass is 472 g/mol. The van der Waals surface area contributed by atoms with Crippen LogP contribution in [-0.2, 0) is 23.7 Å². The molecule has 0 radical (unpaired) electrons. The number of aliphatic hydroxyl groups is 1. The molecule has 2 heterocycles. The Morgan fingerprint density at radius 3 is 2.62 bits per heavy atom. The maximum Gasteiger partial charge on any atom is 0.331 e. The molecule has 1 saturated carbocycles. The van der Waals surface area contributed by atoms with Gasteiger partial charge in [0.05, 0.1) is 25.2 Å². The number of epoxide rings is 2. The summed E-state index contributed by atoms with van der Waals surface area (Å²) in [7, 11) is 1.67. The maximum absolute atomic E-state index is 12.7. The van der Waals surface area contributed by atoms with Crippen molar-refractivity contribution >= 4 is 12.0 Å². The van der Waals surface area contributed by atoms with E-state index in [0.29, 0.717) is 18.8 Å². The number of hydrogen-bond donors (Lipinski definition) is 1. The molecule has 0 amide bonds. The van der Waals surface area contributed by atoms with Crippen molar-refractivity contribution in [3.8, 4) is 5.75 Å². The minimum absolute atomic E-state index is 0.00237. The Bertz CT molecular complexity index is 913. The van der Waals surface area contributed by atoms with Gasteiger partial charge in [0, 0.05) is 13.2 Å². The number of aliphatic hydroxyl groups excluding tert-OH is 1. The second-order valence-corrected chi connectivity index (χ2v) is 9.83. The van der Waals surface area contributed by atoms with Crippen LogP contribution in [0.15, 0.2) is 42.0 Å². The van der Waals surface area contributed by atoms with Crippen molar-refractivity contribution in [2.75, 3.05) is 26.9 Å². The average Bonchev–Trinajstić information content (AvgIpc) is 3.74. The van der Waals surface area contributed by atoms with Crippen LogP contribution in [0.25, 0.3) is 6.08 Å². The zero-order valence-corrected chi connectivity index (χ0v) is 20.5. The van der Waals surface area contributed by atoms with E-state index in [-0.39, 0.29) is 48.6 Å². The lowest BCUT2D eigenvalue weighted by atomic mass is 9.68. The van der Waals surface area contributed by atoms with Crippen LogP contribution in [0.5, 0.6) is 5.75 Å². The van der Waals surface area contributed by atoms with Crippen molar-refractivity contribution in [1.29, 1.82) is 0 Å². The second-order valence-electron chi connectivity index (χ2n) is 9.83. The van der Waals surface area contributed by atoms with E-state index in [4.69, 9.17) is 28.8 Å². The van der Waals surface area contributed by atoms with Gasteiger partial charge in [0.1, 0.15) is 35.8 Å². The number of benzene rings is 1. The van der Waals surface area contributed by atoms with Crippen molar-refractivity contribution < 1.29 is 33.6 Å². The summed E-state index contributed by atoms with van der Waals surface area (Å²) in [6.45, 7) is 7.22. The van der Waals surface area contributed by atoms with E-state index in [0.717, 1.165) is 18.4 Å². The first-order valence-electron chi connectivity index (χ1n) is 12.0. The summed E-state index contributed by atoms with van der Waals surface area (Å²) in [5.41, 5.74) is 1.52. The molecular weight excluding hydrogens is 436 g/mol. The van der Waals surface area contributed by atoms with Crippen LogP contribution in [0.4, 0.5) is 0 Å². The van der Waals surface area contributed by atoms with Gasteiger partial charge >= 0.3 is 5.97 Å². The Morgan fingerprint density at radius 1 is 1.26 bits per heavy atom. The number of ether oxygens (including phenoxy) is 5. The van der Waals surface area contributed by atoms with E-state index in [9.17, 15) is 4.79 Å². The molecule has 1 spiro atoms. The summed E-state index contributed by atoms with van der Waals surface area (Å²) in [4.78, 5) is 12.7. The van der Waals surface area contributed by atoms with Crippen LogP contribution < -0.4 is 4.74 Å². The van der Waals surface area contributed by atoms with Gasteiger partial charge in [-0.1, -0.05) is 23.8 Å². The minimum Gasteiger partial charge on any atom is -0.491 e. The summed E-state index contributed by atoms with van der Waals surface area (Å²) in [6.07, 6.45) is 7.20. The van der Waals surface area contributed by atoms with Gasteiger partial charge in [-0.25, -0.2) is 4.79 Å². The van der Waals surface area contributed by atoms with Crippen LogP contribution in [0.3, 0.4) is 0 Å². The fourth-order valence-corrected chi connectivity index (χ4v) is 5.26. The molecule has 6 atom stereocenters. The Morgan fingerprint density at radius 2 is 2.00 bits per heavy atom. The standard InChI is InChI=1S/C27H36O7/c1-18(2)5-11-22-26(3,34-22)25-24(30-4)21(13-14-27(25)17-32-27)33-23(29)12-8-19-6-9-20(10-7-19)31-16-15-28/h5-10,12,21-22,24-25,28H,11,13-17H2,1-4H3/b12-8+/t21-,22+,24-,25-,26+,27+/m1/s1. The molecule has 1 aromatic rings. The normalized spacial score (nSPS) is 34.1. The largest absolute Gasteiger partial charge is 0.491 e. The van der Waals surface area contributed by atoms with Gasteiger partial charge in [-0.3, -0.25) is 0 Å². The maximum atomic E-state index is 12.7. The Hall–Kier alpha value is -2.19. The van der Waals surface area contributed by atoms with Crippen molar-refractivity contribution in [3.05, 3.63) is 47.6 Å². The zero-order valence-electron chi connectivity index (χ0n) is 20.5. The fraction of sp³-hybridized carbons (Fsp3) is 0.593. The highest BCUT2D eigenvalue weighted by Gasteiger charge is 2.72. The molecule has 1 aliphatic carbocycles. The lowest BCUT2D eigenvalue weighted by molar-refractivity contribution is -0.166. The first kappa shape index (κ1) is 24.9. The molecule has 1 aromatic carbocycles. The summed E-state index contributed by atoms with van der Waals surface area (Å²) in [5, 5.41) is 8.84. The third-order valence-corrected chi connectivity index (χ3v) is 7.16. The quantitative estimate of drug-likeness (QED) is 0.240. The average molecular weight is 473 g/mol. The summed E-state index contributed by atoms with van der Waals surface area (Å²) in [6, 6.07) is 7.28. The number of carbonyl (C=O) groups is 1. The third-order valence-electron chi connectivity index (χ3n) is 7.16. The van der Waals surface area contributed by atoms with Crippen LogP contribution in [0, 0.1) is 5.92 Å². The molecule has 3 fully saturated rings. The molecule has 7 nitrogen and oxygen atoms in total. The smallest absolute Gasteiger partial charge is 0.331 e. The highest BCUT2D eigenvalue weighted by molar-refractivity contribution is 5.87. The molecule has 186 valence electrons. The van der Waals surface area contributed by atoms with Crippen molar-refractivity contribution in [2.24, 2.45) is 5.92 Å². The SMILES string of the molecule is CO[C@@H]1[C@H](OC(=O)/C=C/c2ccc(OCCO)cc2)CC[C@]2(CO2)[C@H]1[C@@]1(C)O[C@H]1CC=C(C)C. The third kappa shape index (κ3) is 5.38. The van der Waals surface area contributed by atoms with Crippen molar-refractivity contribution in [2.45, 2.75) is 69.5 Å². The Balaban J connectivity index is 1.39. The highest BCUT2D eigenvalue weighted by atomic mass is 16.6. The van der Waals surface area contributed by atoms with E-state index in [2.05, 4.69) is 26.8 Å². The second kappa shape index (κ2) is 10.2. The van der Waals surface area contributed by atoms with Crippen LogP contribution in [0.2, 0.25) is 0 Å². The number of methoxy groups -OCH3 is 1. The van der Waals surface area contributed by atoms with E-state index in [1.165, 1.54) is 11.6 Å². The van der Waals surface area contributed by atoms with Gasteiger partial charge < -0.3 is 28.8 Å². The molecule has 0 aromatic heterocycles. The van der Waals surface area contributed by atoms with E-state index in [1.54, 1.807) is 25.3 Å². The summed E-state index contributed by atoms with van der Waals surface area (Å²) >= 11 is 0. The number of esters is 1. The molecule has 2 saturated heterocycles. The lowest BCUT2D eigenvalue weighted by Gasteiger charge is -2.42. The van der Waals surface area contributed by atoms with Crippen molar-refractivity contribution in [3.63, 3.8) is 0 Å². The molecule has 1 N–H and O–H groups in total. The number of hydrogen-bond acceptors (Lipinski definition) is 7. The highest BCUT2D eigenvalue weighted by Crippen LogP contribution is 2.59. The first-order chi connectivity index (χ1) is 16.3. The molecule has 7 heteroatoms. The van der Waals surface area contributed by atoms with E-state index in [1.807, 2.05) is 12.1 Å². The number of carbonyl (C=O) groups excluding carboxylic acids is 1. The molecule has 2 aliphatic heterocycles. The van der Waals surface area contributed by atoms with Crippen LogP contribution >= 0.6 is 0 Å². The Kier molecular flexibility index (Phi) is 7.48. The van der Waals surface area contributed by atoms with Gasteiger partial charge in [-0.15, -0.1) is 0 Å². The molecular formula is C27H36O7. The minimum atomic E-state index is -0.401. The van der Waals surface area contributed by atoms with E-state index >= 15 is 0 Å².